The number of halogens is 1. The fraction of sp³-hybridized carbons (Fsp3) is 0.0833. The van der Waals surface area contributed by atoms with Gasteiger partial charge in [-0.3, -0.25) is 19.8 Å². The standard InChI is InChI=1S/C24H17ClN2O5S/c1-12-4-3-5-19(13(12)2)27-22(29)17(21(28)26-24(27)33)11-15-7-9-20(32-15)14-6-8-18(25)16(10-14)23(30)31/h3-11H,1-2H3,(H,30,31)(H,26,28,33)/b17-11-. The molecule has 1 aliphatic rings. The van der Waals surface area contributed by atoms with Crippen LogP contribution in [0.25, 0.3) is 17.4 Å². The van der Waals surface area contributed by atoms with Gasteiger partial charge in [0, 0.05) is 5.56 Å². The molecule has 4 rings (SSSR count). The molecule has 2 aromatic carbocycles. The van der Waals surface area contributed by atoms with E-state index in [2.05, 4.69) is 5.32 Å². The first-order chi connectivity index (χ1) is 15.7. The number of hydrogen-bond acceptors (Lipinski definition) is 5. The minimum atomic E-state index is -1.16. The number of nitrogens with one attached hydrogen (secondary N) is 1. The van der Waals surface area contributed by atoms with Crippen LogP contribution >= 0.6 is 23.8 Å². The van der Waals surface area contributed by atoms with Gasteiger partial charge in [0.25, 0.3) is 11.8 Å². The monoisotopic (exact) mass is 480 g/mol. The lowest BCUT2D eigenvalue weighted by Crippen LogP contribution is -2.54. The number of hydrogen-bond donors (Lipinski definition) is 2. The molecule has 0 spiro atoms. The summed E-state index contributed by atoms with van der Waals surface area (Å²) >= 11 is 11.2. The first-order valence-corrected chi connectivity index (χ1v) is 10.6. The molecule has 2 amide bonds. The summed E-state index contributed by atoms with van der Waals surface area (Å²) in [4.78, 5) is 38.4. The Labute approximate surface area is 199 Å². The summed E-state index contributed by atoms with van der Waals surface area (Å²) in [6.07, 6.45) is 1.33. The van der Waals surface area contributed by atoms with Crippen LogP contribution in [0.4, 0.5) is 5.69 Å². The van der Waals surface area contributed by atoms with Crippen LogP contribution in [0.3, 0.4) is 0 Å². The number of anilines is 1. The van der Waals surface area contributed by atoms with Crippen LogP contribution in [0.2, 0.25) is 5.02 Å². The van der Waals surface area contributed by atoms with Gasteiger partial charge in [-0.2, -0.15) is 0 Å². The SMILES string of the molecule is Cc1cccc(N2C(=O)/C(=C\c3ccc(-c4ccc(Cl)c(C(=O)O)c4)o3)C(=O)NC2=S)c1C. The van der Waals surface area contributed by atoms with Crippen molar-refractivity contribution in [3.63, 3.8) is 0 Å². The highest BCUT2D eigenvalue weighted by molar-refractivity contribution is 7.80. The first-order valence-electron chi connectivity index (χ1n) is 9.78. The van der Waals surface area contributed by atoms with Gasteiger partial charge >= 0.3 is 5.97 Å². The average molecular weight is 481 g/mol. The number of aromatic carboxylic acids is 1. The predicted octanol–water partition coefficient (Wildman–Crippen LogP) is 4.75. The van der Waals surface area contributed by atoms with E-state index in [1.54, 1.807) is 24.3 Å². The number of benzene rings is 2. The molecule has 1 aliphatic heterocycles. The zero-order valence-electron chi connectivity index (χ0n) is 17.5. The van der Waals surface area contributed by atoms with Crippen LogP contribution in [0.15, 0.2) is 58.5 Å². The highest BCUT2D eigenvalue weighted by Gasteiger charge is 2.35. The lowest BCUT2D eigenvalue weighted by molar-refractivity contribution is -0.122. The molecule has 1 fully saturated rings. The highest BCUT2D eigenvalue weighted by atomic mass is 35.5. The van der Waals surface area contributed by atoms with Crippen LogP contribution in [0.5, 0.6) is 0 Å². The number of rotatable bonds is 4. The van der Waals surface area contributed by atoms with Crippen molar-refractivity contribution >= 4 is 58.5 Å². The fourth-order valence-corrected chi connectivity index (χ4v) is 3.90. The summed E-state index contributed by atoms with van der Waals surface area (Å²) in [5.41, 5.74) is 2.70. The smallest absolute Gasteiger partial charge is 0.337 e. The number of carbonyl (C=O) groups excluding carboxylic acids is 2. The van der Waals surface area contributed by atoms with E-state index in [4.69, 9.17) is 28.2 Å². The number of carboxylic acid groups (broad SMARTS) is 1. The Morgan fingerprint density at radius 3 is 2.64 bits per heavy atom. The molecule has 2 heterocycles. The Bertz CT molecular complexity index is 1370. The summed E-state index contributed by atoms with van der Waals surface area (Å²) in [5, 5.41) is 11.9. The third-order valence-electron chi connectivity index (χ3n) is 5.31. The summed E-state index contributed by atoms with van der Waals surface area (Å²) in [7, 11) is 0. The average Bonchev–Trinajstić information content (AvgIpc) is 3.23. The van der Waals surface area contributed by atoms with Crippen molar-refractivity contribution in [2.75, 3.05) is 4.90 Å². The van der Waals surface area contributed by atoms with Gasteiger partial charge in [0.15, 0.2) is 5.11 Å². The van der Waals surface area contributed by atoms with Crippen molar-refractivity contribution in [3.8, 4) is 11.3 Å². The molecule has 3 aromatic rings. The maximum Gasteiger partial charge on any atom is 0.337 e. The fourth-order valence-electron chi connectivity index (χ4n) is 3.42. The first kappa shape index (κ1) is 22.4. The third-order valence-corrected chi connectivity index (χ3v) is 5.93. The Balaban J connectivity index is 1.70. The van der Waals surface area contributed by atoms with E-state index in [1.165, 1.54) is 23.1 Å². The van der Waals surface area contributed by atoms with E-state index in [0.29, 0.717) is 17.0 Å². The molecule has 0 atom stereocenters. The van der Waals surface area contributed by atoms with Crippen molar-refractivity contribution in [2.45, 2.75) is 13.8 Å². The Kier molecular flexibility index (Phi) is 5.88. The topological polar surface area (TPSA) is 99.8 Å². The van der Waals surface area contributed by atoms with E-state index in [9.17, 15) is 19.5 Å². The molecule has 33 heavy (non-hydrogen) atoms. The van der Waals surface area contributed by atoms with Gasteiger partial charge in [-0.25, -0.2) is 4.79 Å². The molecule has 7 nitrogen and oxygen atoms in total. The van der Waals surface area contributed by atoms with Gasteiger partial charge in [-0.1, -0.05) is 23.7 Å². The number of carbonyl (C=O) groups is 3. The lowest BCUT2D eigenvalue weighted by atomic mass is 10.0. The van der Waals surface area contributed by atoms with Crippen LogP contribution in [0.1, 0.15) is 27.2 Å². The van der Waals surface area contributed by atoms with Gasteiger partial charge in [0.1, 0.15) is 17.1 Å². The molecule has 0 bridgehead atoms. The molecular weight excluding hydrogens is 464 g/mol. The highest BCUT2D eigenvalue weighted by Crippen LogP contribution is 2.30. The van der Waals surface area contributed by atoms with E-state index >= 15 is 0 Å². The summed E-state index contributed by atoms with van der Waals surface area (Å²) in [6, 6.07) is 13.1. The molecule has 9 heteroatoms. The summed E-state index contributed by atoms with van der Waals surface area (Å²) < 4.78 is 5.76. The second-order valence-electron chi connectivity index (χ2n) is 7.38. The normalized spacial score (nSPS) is 15.2. The van der Waals surface area contributed by atoms with Gasteiger partial charge in [-0.15, -0.1) is 0 Å². The van der Waals surface area contributed by atoms with Crippen molar-refractivity contribution < 1.29 is 23.9 Å². The molecule has 0 saturated carbocycles. The zero-order valence-corrected chi connectivity index (χ0v) is 19.1. The number of aryl methyl sites for hydroxylation is 1. The number of nitrogens with zero attached hydrogens (tertiary/aromatic N) is 1. The number of thiocarbonyl (C=S) groups is 1. The Morgan fingerprint density at radius 2 is 1.91 bits per heavy atom. The molecule has 0 radical (unpaired) electrons. The van der Waals surface area contributed by atoms with Crippen molar-refractivity contribution in [1.82, 2.24) is 5.32 Å². The minimum absolute atomic E-state index is 0.00153. The number of amides is 2. The van der Waals surface area contributed by atoms with Gasteiger partial charge in [-0.05, 0) is 79.7 Å². The molecule has 1 saturated heterocycles. The van der Waals surface area contributed by atoms with Crippen LogP contribution in [0, 0.1) is 13.8 Å². The summed E-state index contributed by atoms with van der Waals surface area (Å²) in [5.74, 6) is -1.78. The summed E-state index contributed by atoms with van der Waals surface area (Å²) in [6.45, 7) is 3.79. The van der Waals surface area contributed by atoms with Crippen molar-refractivity contribution in [1.29, 1.82) is 0 Å². The second kappa shape index (κ2) is 8.65. The lowest BCUT2D eigenvalue weighted by Gasteiger charge is -2.30. The molecule has 2 N–H and O–H groups in total. The maximum atomic E-state index is 13.2. The minimum Gasteiger partial charge on any atom is -0.478 e. The molecular formula is C24H17ClN2O5S. The molecule has 1 aromatic heterocycles. The quantitative estimate of drug-likeness (QED) is 0.317. The molecule has 166 valence electrons. The second-order valence-corrected chi connectivity index (χ2v) is 8.17. The number of furan rings is 1. The Hall–Kier alpha value is -3.75. The predicted molar refractivity (Wildman–Crippen MR) is 128 cm³/mol. The zero-order chi connectivity index (χ0) is 23.9. The van der Waals surface area contributed by atoms with E-state index < -0.39 is 17.8 Å². The maximum absolute atomic E-state index is 13.2. The van der Waals surface area contributed by atoms with Gasteiger partial charge in [0.2, 0.25) is 0 Å². The molecule has 0 unspecified atom stereocenters. The van der Waals surface area contributed by atoms with Crippen molar-refractivity contribution in [3.05, 3.63) is 81.6 Å². The van der Waals surface area contributed by atoms with E-state index in [1.807, 2.05) is 26.0 Å². The third kappa shape index (κ3) is 4.18. The van der Waals surface area contributed by atoms with Crippen LogP contribution < -0.4 is 10.2 Å². The van der Waals surface area contributed by atoms with Gasteiger partial charge in [0.05, 0.1) is 16.3 Å². The van der Waals surface area contributed by atoms with Crippen LogP contribution in [-0.4, -0.2) is 28.0 Å². The van der Waals surface area contributed by atoms with E-state index in [0.717, 1.165) is 11.1 Å². The number of carboxylic acids is 1. The van der Waals surface area contributed by atoms with Gasteiger partial charge < -0.3 is 9.52 Å². The molecule has 0 aliphatic carbocycles. The van der Waals surface area contributed by atoms with Crippen molar-refractivity contribution in [2.24, 2.45) is 0 Å². The Morgan fingerprint density at radius 1 is 1.15 bits per heavy atom. The van der Waals surface area contributed by atoms with E-state index in [-0.39, 0.29) is 27.0 Å². The van der Waals surface area contributed by atoms with Crippen LogP contribution in [-0.2, 0) is 9.59 Å². The largest absolute Gasteiger partial charge is 0.478 e.